The highest BCUT2D eigenvalue weighted by Gasteiger charge is 2.15. The highest BCUT2D eigenvalue weighted by molar-refractivity contribution is 5.94. The van der Waals surface area contributed by atoms with Gasteiger partial charge in [-0.15, -0.1) is 0 Å². The van der Waals surface area contributed by atoms with Crippen molar-refractivity contribution >= 4 is 16.9 Å². The van der Waals surface area contributed by atoms with Crippen LogP contribution in [-0.2, 0) is 4.74 Å². The van der Waals surface area contributed by atoms with E-state index in [0.717, 1.165) is 0 Å². The average Bonchev–Trinajstić information content (AvgIpc) is 2.34. The third kappa shape index (κ3) is 1.88. The van der Waals surface area contributed by atoms with Crippen molar-refractivity contribution in [3.05, 3.63) is 45.5 Å². The van der Waals surface area contributed by atoms with E-state index in [2.05, 4.69) is 4.98 Å². The van der Waals surface area contributed by atoms with Crippen LogP contribution in [0.3, 0.4) is 0 Å². The van der Waals surface area contributed by atoms with Gasteiger partial charge in [-0.25, -0.2) is 9.18 Å². The molecule has 1 aromatic carbocycles. The molecule has 4 nitrogen and oxygen atoms in total. The smallest absolute Gasteiger partial charge is 0.343 e. The molecule has 0 bridgehead atoms. The third-order valence-corrected chi connectivity index (χ3v) is 2.74. The first-order chi connectivity index (χ1) is 8.56. The van der Waals surface area contributed by atoms with E-state index in [-0.39, 0.29) is 17.6 Å². The quantitative estimate of drug-likeness (QED) is 0.829. The van der Waals surface area contributed by atoms with Crippen LogP contribution in [0.25, 0.3) is 10.9 Å². The van der Waals surface area contributed by atoms with Gasteiger partial charge in [-0.05, 0) is 26.0 Å². The Morgan fingerprint density at radius 3 is 2.83 bits per heavy atom. The zero-order valence-corrected chi connectivity index (χ0v) is 10.0. The van der Waals surface area contributed by atoms with Crippen molar-refractivity contribution in [3.8, 4) is 0 Å². The van der Waals surface area contributed by atoms with E-state index in [0.29, 0.717) is 11.1 Å². The van der Waals surface area contributed by atoms with Crippen molar-refractivity contribution in [2.75, 3.05) is 6.61 Å². The van der Waals surface area contributed by atoms with Gasteiger partial charge >= 0.3 is 5.97 Å². The Kier molecular flexibility index (Phi) is 3.14. The summed E-state index contributed by atoms with van der Waals surface area (Å²) < 4.78 is 18.1. The fraction of sp³-hybridized carbons (Fsp3) is 0.231. The molecule has 0 unspecified atom stereocenters. The molecule has 1 N–H and O–H groups in total. The van der Waals surface area contributed by atoms with Crippen molar-refractivity contribution in [2.24, 2.45) is 0 Å². The zero-order valence-electron chi connectivity index (χ0n) is 10.0. The van der Waals surface area contributed by atoms with Crippen molar-refractivity contribution in [1.82, 2.24) is 4.98 Å². The molecule has 0 saturated carbocycles. The van der Waals surface area contributed by atoms with E-state index < -0.39 is 17.2 Å². The van der Waals surface area contributed by atoms with Gasteiger partial charge < -0.3 is 9.72 Å². The van der Waals surface area contributed by atoms with Crippen molar-refractivity contribution < 1.29 is 13.9 Å². The number of pyridine rings is 1. The lowest BCUT2D eigenvalue weighted by molar-refractivity contribution is 0.0524. The number of aromatic amines is 1. The highest BCUT2D eigenvalue weighted by Crippen LogP contribution is 2.16. The molecule has 0 aliphatic rings. The number of benzene rings is 1. The van der Waals surface area contributed by atoms with E-state index in [9.17, 15) is 14.0 Å². The minimum absolute atomic E-state index is 0.0737. The second-order valence-electron chi connectivity index (χ2n) is 3.85. The number of rotatable bonds is 2. The summed E-state index contributed by atoms with van der Waals surface area (Å²) in [5, 5.41) is 0.277. The largest absolute Gasteiger partial charge is 0.462 e. The molecular weight excluding hydrogens is 237 g/mol. The van der Waals surface area contributed by atoms with E-state index >= 15 is 0 Å². The van der Waals surface area contributed by atoms with Gasteiger partial charge in [0.15, 0.2) is 0 Å². The molecule has 0 atom stereocenters. The van der Waals surface area contributed by atoms with E-state index in [1.807, 2.05) is 0 Å². The number of nitrogens with one attached hydrogen (secondary N) is 1. The first kappa shape index (κ1) is 12.3. The van der Waals surface area contributed by atoms with Crippen molar-refractivity contribution in [2.45, 2.75) is 13.8 Å². The molecule has 1 heterocycles. The SMILES string of the molecule is CCOC(=O)c1c[nH]c2c(C)c(F)ccc2c1=O. The second kappa shape index (κ2) is 4.60. The number of halogens is 1. The fourth-order valence-corrected chi connectivity index (χ4v) is 1.78. The lowest BCUT2D eigenvalue weighted by Gasteiger charge is -2.05. The standard InChI is InChI=1S/C13H12FNO3/c1-3-18-13(17)9-6-15-11-7(2)10(14)5-4-8(11)12(9)16/h4-6H,3H2,1-2H3,(H,15,16). The minimum atomic E-state index is -0.678. The molecule has 0 aliphatic carbocycles. The van der Waals surface area contributed by atoms with Crippen LogP contribution < -0.4 is 5.43 Å². The third-order valence-electron chi connectivity index (χ3n) is 2.74. The lowest BCUT2D eigenvalue weighted by atomic mass is 10.1. The second-order valence-corrected chi connectivity index (χ2v) is 3.85. The Balaban J connectivity index is 2.70. The number of H-pyrrole nitrogens is 1. The molecule has 5 heteroatoms. The van der Waals surface area contributed by atoms with Crippen LogP contribution in [0.15, 0.2) is 23.1 Å². The topological polar surface area (TPSA) is 59.2 Å². The predicted molar refractivity (Wildman–Crippen MR) is 65.2 cm³/mol. The predicted octanol–water partition coefficient (Wildman–Crippen LogP) is 2.15. The molecule has 2 rings (SSSR count). The van der Waals surface area contributed by atoms with Crippen molar-refractivity contribution in [3.63, 3.8) is 0 Å². The summed E-state index contributed by atoms with van der Waals surface area (Å²) in [6.07, 6.45) is 1.26. The molecule has 18 heavy (non-hydrogen) atoms. The summed E-state index contributed by atoms with van der Waals surface area (Å²) >= 11 is 0. The molecule has 0 spiro atoms. The number of aromatic nitrogens is 1. The lowest BCUT2D eigenvalue weighted by Crippen LogP contribution is -2.18. The van der Waals surface area contributed by atoms with Gasteiger partial charge in [0.2, 0.25) is 5.43 Å². The number of aryl methyl sites for hydroxylation is 1. The summed E-state index contributed by atoms with van der Waals surface area (Å²) in [5.41, 5.74) is 0.216. The first-order valence-electron chi connectivity index (χ1n) is 5.54. The average molecular weight is 249 g/mol. The summed E-state index contributed by atoms with van der Waals surface area (Å²) in [6.45, 7) is 3.42. The number of esters is 1. The van der Waals surface area contributed by atoms with Crippen LogP contribution in [0, 0.1) is 12.7 Å². The number of carbonyl (C=O) groups excluding carboxylic acids is 1. The highest BCUT2D eigenvalue weighted by atomic mass is 19.1. The van der Waals surface area contributed by atoms with E-state index in [1.165, 1.54) is 18.3 Å². The van der Waals surface area contributed by atoms with Crippen LogP contribution in [-0.4, -0.2) is 17.6 Å². The molecule has 0 aliphatic heterocycles. The van der Waals surface area contributed by atoms with Crippen LogP contribution in [0.1, 0.15) is 22.8 Å². The molecule has 0 amide bonds. The van der Waals surface area contributed by atoms with Crippen LogP contribution in [0.5, 0.6) is 0 Å². The maximum Gasteiger partial charge on any atom is 0.343 e. The number of carbonyl (C=O) groups is 1. The molecule has 0 saturated heterocycles. The summed E-state index contributed by atoms with van der Waals surface area (Å²) in [7, 11) is 0. The zero-order chi connectivity index (χ0) is 13.3. The summed E-state index contributed by atoms with van der Waals surface area (Å²) in [6, 6.07) is 2.57. The molecule has 2 aromatic rings. The van der Waals surface area contributed by atoms with Crippen LogP contribution >= 0.6 is 0 Å². The molecule has 0 radical (unpaired) electrons. The monoisotopic (exact) mass is 249 g/mol. The molecular formula is C13H12FNO3. The van der Waals surface area contributed by atoms with Gasteiger partial charge in [0.05, 0.1) is 12.1 Å². The van der Waals surface area contributed by atoms with Gasteiger partial charge in [0.25, 0.3) is 0 Å². The van der Waals surface area contributed by atoms with Gasteiger partial charge in [-0.1, -0.05) is 0 Å². The Hall–Kier alpha value is -2.17. The van der Waals surface area contributed by atoms with Gasteiger partial charge in [0.1, 0.15) is 11.4 Å². The summed E-state index contributed by atoms with van der Waals surface area (Å²) in [5.74, 6) is -1.08. The van der Waals surface area contributed by atoms with E-state index in [1.54, 1.807) is 13.8 Å². The van der Waals surface area contributed by atoms with Crippen LogP contribution in [0.2, 0.25) is 0 Å². The minimum Gasteiger partial charge on any atom is -0.462 e. The van der Waals surface area contributed by atoms with Crippen LogP contribution in [0.4, 0.5) is 4.39 Å². The molecule has 1 aromatic heterocycles. The van der Waals surface area contributed by atoms with Gasteiger partial charge in [-0.2, -0.15) is 0 Å². The van der Waals surface area contributed by atoms with Crippen molar-refractivity contribution in [1.29, 1.82) is 0 Å². The first-order valence-corrected chi connectivity index (χ1v) is 5.54. The maximum atomic E-state index is 13.3. The normalized spacial score (nSPS) is 10.6. The maximum absolute atomic E-state index is 13.3. The molecule has 94 valence electrons. The molecule has 0 fully saturated rings. The number of hydrogen-bond donors (Lipinski definition) is 1. The Labute approximate surface area is 102 Å². The van der Waals surface area contributed by atoms with Gasteiger partial charge in [-0.3, -0.25) is 4.79 Å². The number of hydrogen-bond acceptors (Lipinski definition) is 3. The van der Waals surface area contributed by atoms with E-state index in [4.69, 9.17) is 4.74 Å². The summed E-state index contributed by atoms with van der Waals surface area (Å²) in [4.78, 5) is 26.4. The number of ether oxygens (including phenoxy) is 1. The Morgan fingerprint density at radius 2 is 2.17 bits per heavy atom. The fourth-order valence-electron chi connectivity index (χ4n) is 1.78. The van der Waals surface area contributed by atoms with Gasteiger partial charge in [0, 0.05) is 17.1 Å². The Morgan fingerprint density at radius 1 is 1.44 bits per heavy atom. The number of fused-ring (bicyclic) bond motifs is 1. The Bertz CT molecular complexity index is 676.